The third kappa shape index (κ3) is 6.63. The second-order valence-electron chi connectivity index (χ2n) is 11.4. The molecule has 0 spiro atoms. The maximum atomic E-state index is 13.7. The number of hydrogen-bond donors (Lipinski definition) is 1. The molecule has 0 bridgehead atoms. The minimum absolute atomic E-state index is 0. The van der Waals surface area contributed by atoms with Crippen molar-refractivity contribution in [1.82, 2.24) is 10.2 Å². The smallest absolute Gasteiger partial charge is 0.239 e. The van der Waals surface area contributed by atoms with Gasteiger partial charge in [0.2, 0.25) is 5.91 Å². The first-order valence-corrected chi connectivity index (χ1v) is 13.2. The van der Waals surface area contributed by atoms with Crippen LogP contribution in [0.2, 0.25) is 0 Å². The number of carbonyl (C=O) groups is 1. The molecule has 1 aliphatic heterocycles. The highest BCUT2D eigenvalue weighted by atomic mass is 19.1. The zero-order valence-electron chi connectivity index (χ0n) is 22.3. The maximum absolute atomic E-state index is 13.7. The number of nitrogens with one attached hydrogen (secondary N) is 1. The van der Waals surface area contributed by atoms with Gasteiger partial charge in [0.05, 0.1) is 6.04 Å². The molecule has 4 rings (SSSR count). The van der Waals surface area contributed by atoms with Crippen LogP contribution in [0.5, 0.6) is 0 Å². The van der Waals surface area contributed by atoms with E-state index in [1.165, 1.54) is 16.7 Å². The van der Waals surface area contributed by atoms with Crippen LogP contribution >= 0.6 is 0 Å². The SMILES string of the molecule is CC(C)[C@@H](NCC1=CC(c2ccccc2)CC=C1)C(=O)N1CCC(C2=CC=C(F)CC2)C(C)(C)C1.O. The lowest BCUT2D eigenvalue weighted by Gasteiger charge is -2.47. The second kappa shape index (κ2) is 12.2. The Morgan fingerprint density at radius 1 is 1.17 bits per heavy atom. The van der Waals surface area contributed by atoms with Gasteiger partial charge >= 0.3 is 0 Å². The van der Waals surface area contributed by atoms with E-state index >= 15 is 0 Å². The summed E-state index contributed by atoms with van der Waals surface area (Å²) in [5, 5.41) is 3.59. The number of carbonyl (C=O) groups excluding carboxylic acids is 1. The highest BCUT2D eigenvalue weighted by Crippen LogP contribution is 2.42. The summed E-state index contributed by atoms with van der Waals surface area (Å²) >= 11 is 0. The summed E-state index contributed by atoms with van der Waals surface area (Å²) in [7, 11) is 0. The maximum Gasteiger partial charge on any atom is 0.239 e. The van der Waals surface area contributed by atoms with Crippen LogP contribution in [-0.2, 0) is 4.79 Å². The zero-order valence-corrected chi connectivity index (χ0v) is 22.3. The van der Waals surface area contributed by atoms with Crippen LogP contribution in [0.15, 0.2) is 77.7 Å². The van der Waals surface area contributed by atoms with Crippen molar-refractivity contribution in [3.63, 3.8) is 0 Å². The van der Waals surface area contributed by atoms with E-state index in [1.54, 1.807) is 6.08 Å². The number of allylic oxidation sites excluding steroid dienone is 6. The molecule has 0 saturated carbocycles. The number of rotatable bonds is 7. The molecule has 3 atom stereocenters. The van der Waals surface area contributed by atoms with Gasteiger partial charge in [-0.25, -0.2) is 4.39 Å². The lowest BCUT2D eigenvalue weighted by atomic mass is 9.68. The predicted octanol–water partition coefficient (Wildman–Crippen LogP) is 5.89. The Morgan fingerprint density at radius 2 is 1.92 bits per heavy atom. The van der Waals surface area contributed by atoms with Crippen LogP contribution < -0.4 is 5.32 Å². The van der Waals surface area contributed by atoms with Crippen LogP contribution in [0, 0.1) is 17.3 Å². The normalized spacial score (nSPS) is 24.4. The van der Waals surface area contributed by atoms with Crippen LogP contribution in [-0.4, -0.2) is 42.0 Å². The van der Waals surface area contributed by atoms with Crippen molar-refractivity contribution in [2.45, 2.75) is 65.3 Å². The summed E-state index contributed by atoms with van der Waals surface area (Å²) in [5.41, 5.74) is 3.89. The van der Waals surface area contributed by atoms with Crippen molar-refractivity contribution in [3.05, 3.63) is 83.2 Å². The third-order valence-corrected chi connectivity index (χ3v) is 7.94. The van der Waals surface area contributed by atoms with Gasteiger partial charge in [0.15, 0.2) is 0 Å². The van der Waals surface area contributed by atoms with Gasteiger partial charge in [-0.3, -0.25) is 4.79 Å². The van der Waals surface area contributed by atoms with Gasteiger partial charge in [-0.05, 0) is 53.7 Å². The predicted molar refractivity (Wildman–Crippen MR) is 146 cm³/mol. The summed E-state index contributed by atoms with van der Waals surface area (Å²) in [6.07, 6.45) is 13.7. The van der Waals surface area contributed by atoms with Crippen molar-refractivity contribution in [3.8, 4) is 0 Å². The minimum atomic E-state index is -0.209. The molecule has 196 valence electrons. The Morgan fingerprint density at radius 3 is 2.56 bits per heavy atom. The Bertz CT molecular complexity index is 1020. The van der Waals surface area contributed by atoms with Gasteiger partial charge in [0.1, 0.15) is 5.83 Å². The van der Waals surface area contributed by atoms with Crippen LogP contribution in [0.4, 0.5) is 4.39 Å². The average molecular weight is 495 g/mol. The van der Waals surface area contributed by atoms with Gasteiger partial charge in [0, 0.05) is 32.0 Å². The molecule has 1 saturated heterocycles. The van der Waals surface area contributed by atoms with Crippen molar-refractivity contribution < 1.29 is 14.7 Å². The molecule has 3 N–H and O–H groups in total. The second-order valence-corrected chi connectivity index (χ2v) is 11.4. The van der Waals surface area contributed by atoms with E-state index in [2.05, 4.69) is 86.5 Å². The van der Waals surface area contributed by atoms with Crippen molar-refractivity contribution >= 4 is 5.91 Å². The Kier molecular flexibility index (Phi) is 9.48. The molecule has 1 fully saturated rings. The number of benzene rings is 1. The summed E-state index contributed by atoms with van der Waals surface area (Å²) in [6, 6.07) is 10.4. The van der Waals surface area contributed by atoms with Crippen LogP contribution in [0.3, 0.4) is 0 Å². The number of likely N-dealkylation sites (tertiary alicyclic amines) is 1. The van der Waals surface area contributed by atoms with Crippen molar-refractivity contribution in [1.29, 1.82) is 0 Å². The molecule has 2 aliphatic carbocycles. The molecule has 3 aliphatic rings. The van der Waals surface area contributed by atoms with Gasteiger partial charge < -0.3 is 15.7 Å². The number of halogens is 1. The van der Waals surface area contributed by atoms with E-state index < -0.39 is 0 Å². The van der Waals surface area contributed by atoms with Crippen molar-refractivity contribution in [2.24, 2.45) is 17.3 Å². The van der Waals surface area contributed by atoms with Gasteiger partial charge in [0.25, 0.3) is 0 Å². The summed E-state index contributed by atoms with van der Waals surface area (Å²) in [6.45, 7) is 11.0. The Labute approximate surface area is 216 Å². The molecule has 5 heteroatoms. The molecular formula is C31H43FN2O2. The van der Waals surface area contributed by atoms with Crippen LogP contribution in [0.25, 0.3) is 0 Å². The quantitative estimate of drug-likeness (QED) is 0.513. The molecule has 4 nitrogen and oxygen atoms in total. The van der Waals surface area contributed by atoms with E-state index in [-0.39, 0.29) is 34.6 Å². The first kappa shape index (κ1) is 28.1. The topological polar surface area (TPSA) is 63.8 Å². The highest BCUT2D eigenvalue weighted by Gasteiger charge is 2.41. The molecule has 1 aromatic rings. The Balaban J connectivity index is 0.00000361. The van der Waals surface area contributed by atoms with Crippen LogP contribution in [0.1, 0.15) is 64.9 Å². The fourth-order valence-electron chi connectivity index (χ4n) is 5.98. The largest absolute Gasteiger partial charge is 0.412 e. The Hall–Kier alpha value is -2.50. The lowest BCUT2D eigenvalue weighted by Crippen LogP contribution is -2.55. The summed E-state index contributed by atoms with van der Waals surface area (Å²) in [4.78, 5) is 15.7. The molecule has 2 unspecified atom stereocenters. The van der Waals surface area contributed by atoms with Gasteiger partial charge in [-0.15, -0.1) is 0 Å². The minimum Gasteiger partial charge on any atom is -0.412 e. The molecule has 0 radical (unpaired) electrons. The van der Waals surface area contributed by atoms with E-state index in [9.17, 15) is 9.18 Å². The summed E-state index contributed by atoms with van der Waals surface area (Å²) < 4.78 is 13.5. The fourth-order valence-corrected chi connectivity index (χ4v) is 5.98. The third-order valence-electron chi connectivity index (χ3n) is 7.94. The molecule has 1 aromatic carbocycles. The van der Waals surface area contributed by atoms with E-state index in [0.717, 1.165) is 32.4 Å². The average Bonchev–Trinajstić information content (AvgIpc) is 2.85. The van der Waals surface area contributed by atoms with Crippen molar-refractivity contribution in [2.75, 3.05) is 19.6 Å². The van der Waals surface area contributed by atoms with Gasteiger partial charge in [-0.2, -0.15) is 0 Å². The number of piperidine rings is 1. The molecule has 36 heavy (non-hydrogen) atoms. The number of hydrogen-bond acceptors (Lipinski definition) is 2. The van der Waals surface area contributed by atoms with Gasteiger partial charge in [-0.1, -0.05) is 87.9 Å². The molecule has 1 amide bonds. The van der Waals surface area contributed by atoms with E-state index in [4.69, 9.17) is 0 Å². The zero-order chi connectivity index (χ0) is 25.0. The number of nitrogens with zero attached hydrogens (tertiary/aromatic N) is 1. The lowest BCUT2D eigenvalue weighted by molar-refractivity contribution is -0.138. The molecular weight excluding hydrogens is 451 g/mol. The first-order chi connectivity index (χ1) is 16.7. The molecule has 0 aromatic heterocycles. The number of amides is 1. The highest BCUT2D eigenvalue weighted by molar-refractivity contribution is 5.82. The standard InChI is InChI=1S/C31H41FN2O.H2O/c1-22(2)29(33-20-23-9-8-12-26(19-23)24-10-6-5-7-11-24)30(35)34-18-17-28(31(3,4)21-34)25-13-15-27(32)16-14-25;/h5-11,13,15,19,22,26,28-29,33H,12,14,16-18,20-21H2,1-4H3;1H2/t26?,28?,29-;/m1./s1. The summed E-state index contributed by atoms with van der Waals surface area (Å²) in [5.74, 6) is 1.17. The monoisotopic (exact) mass is 494 g/mol. The fraction of sp³-hybridized carbons (Fsp3) is 0.516. The molecule has 1 heterocycles. The van der Waals surface area contributed by atoms with E-state index in [1.807, 2.05) is 6.08 Å². The first-order valence-electron chi connectivity index (χ1n) is 13.2. The van der Waals surface area contributed by atoms with E-state index in [0.29, 0.717) is 24.8 Å².